The zero-order valence-corrected chi connectivity index (χ0v) is 14.6. The second kappa shape index (κ2) is 12.4. The predicted molar refractivity (Wildman–Crippen MR) is 90.6 cm³/mol. The lowest BCUT2D eigenvalue weighted by molar-refractivity contribution is -0.261. The quantitative estimate of drug-likeness (QED) is 0.372. The zero-order valence-electron chi connectivity index (χ0n) is 14.6. The number of carbonyl (C=O) groups is 1. The monoisotopic (exact) mass is 344 g/mol. The molecule has 1 saturated heterocycles. The fourth-order valence-corrected chi connectivity index (χ4v) is 2.73. The van der Waals surface area contributed by atoms with Crippen molar-refractivity contribution in [3.05, 3.63) is 12.2 Å². The maximum atomic E-state index is 10.3. The van der Waals surface area contributed by atoms with E-state index in [0.29, 0.717) is 13.0 Å². The van der Waals surface area contributed by atoms with Gasteiger partial charge in [0.05, 0.1) is 12.2 Å². The van der Waals surface area contributed by atoms with Crippen LogP contribution in [0.2, 0.25) is 0 Å². The highest BCUT2D eigenvalue weighted by Gasteiger charge is 2.34. The van der Waals surface area contributed by atoms with Crippen LogP contribution < -0.4 is 0 Å². The zero-order chi connectivity index (χ0) is 17.8. The van der Waals surface area contributed by atoms with Gasteiger partial charge in [-0.05, 0) is 26.2 Å². The van der Waals surface area contributed by atoms with Gasteiger partial charge in [0.25, 0.3) is 0 Å². The third-order valence-corrected chi connectivity index (χ3v) is 4.25. The lowest BCUT2D eigenvalue weighted by atomic mass is 10.0. The Balaban J connectivity index is 1.89. The Labute approximate surface area is 144 Å². The number of carboxylic acid groups (broad SMARTS) is 1. The molecule has 0 unspecified atom stereocenters. The molecule has 0 aliphatic carbocycles. The molecule has 6 nitrogen and oxygen atoms in total. The largest absolute Gasteiger partial charge is 0.478 e. The highest BCUT2D eigenvalue weighted by Crippen LogP contribution is 2.21. The van der Waals surface area contributed by atoms with Crippen LogP contribution in [0.3, 0.4) is 0 Å². The van der Waals surface area contributed by atoms with E-state index in [0.717, 1.165) is 38.5 Å². The van der Waals surface area contributed by atoms with Crippen molar-refractivity contribution in [2.45, 2.75) is 89.3 Å². The van der Waals surface area contributed by atoms with Gasteiger partial charge in [0.15, 0.2) is 6.29 Å². The average molecular weight is 344 g/mol. The van der Waals surface area contributed by atoms with Gasteiger partial charge >= 0.3 is 5.97 Å². The number of carboxylic acids is 1. The second-order valence-corrected chi connectivity index (χ2v) is 6.45. The minimum absolute atomic E-state index is 0.299. The lowest BCUT2D eigenvalue weighted by Crippen LogP contribution is -2.47. The Kier molecular flexibility index (Phi) is 10.9. The van der Waals surface area contributed by atoms with Crippen molar-refractivity contribution >= 4 is 5.97 Å². The highest BCUT2D eigenvalue weighted by molar-refractivity contribution is 5.79. The first-order valence-corrected chi connectivity index (χ1v) is 9.03. The van der Waals surface area contributed by atoms with Crippen LogP contribution in [-0.2, 0) is 14.3 Å². The number of hydrogen-bond donors (Lipinski definition) is 3. The molecule has 24 heavy (non-hydrogen) atoms. The second-order valence-electron chi connectivity index (χ2n) is 6.45. The number of rotatable bonds is 12. The van der Waals surface area contributed by atoms with Gasteiger partial charge in [0.1, 0.15) is 6.10 Å². The van der Waals surface area contributed by atoms with Crippen LogP contribution in [0.1, 0.15) is 64.7 Å². The van der Waals surface area contributed by atoms with Crippen LogP contribution in [-0.4, -0.2) is 52.5 Å². The third-order valence-electron chi connectivity index (χ3n) is 4.25. The molecule has 0 aromatic rings. The van der Waals surface area contributed by atoms with Crippen molar-refractivity contribution in [3.63, 3.8) is 0 Å². The molecule has 0 saturated carbocycles. The van der Waals surface area contributed by atoms with Crippen molar-refractivity contribution in [2.24, 2.45) is 0 Å². The summed E-state index contributed by atoms with van der Waals surface area (Å²) >= 11 is 0. The summed E-state index contributed by atoms with van der Waals surface area (Å²) in [5.74, 6) is -0.881. The maximum absolute atomic E-state index is 10.3. The molecular weight excluding hydrogens is 312 g/mol. The van der Waals surface area contributed by atoms with E-state index in [2.05, 4.69) is 0 Å². The van der Waals surface area contributed by atoms with E-state index < -0.39 is 24.5 Å². The molecule has 0 aromatic carbocycles. The van der Waals surface area contributed by atoms with Gasteiger partial charge in [-0.1, -0.05) is 38.2 Å². The molecule has 1 aliphatic heterocycles. The van der Waals surface area contributed by atoms with Crippen molar-refractivity contribution in [2.75, 3.05) is 6.61 Å². The van der Waals surface area contributed by atoms with Gasteiger partial charge < -0.3 is 24.8 Å². The van der Waals surface area contributed by atoms with Crippen LogP contribution >= 0.6 is 0 Å². The number of unbranched alkanes of at least 4 members (excludes halogenated alkanes) is 7. The highest BCUT2D eigenvalue weighted by atomic mass is 16.7. The third kappa shape index (κ3) is 9.37. The van der Waals surface area contributed by atoms with E-state index in [1.165, 1.54) is 18.9 Å². The first-order chi connectivity index (χ1) is 11.5. The molecule has 6 heteroatoms. The summed E-state index contributed by atoms with van der Waals surface area (Å²) in [7, 11) is 0. The van der Waals surface area contributed by atoms with Crippen molar-refractivity contribution < 1.29 is 29.6 Å². The molecule has 0 bridgehead atoms. The minimum Gasteiger partial charge on any atom is -0.478 e. The summed E-state index contributed by atoms with van der Waals surface area (Å²) in [6.07, 6.45) is 9.41. The molecule has 0 spiro atoms. The van der Waals surface area contributed by atoms with E-state index in [4.69, 9.17) is 14.6 Å². The van der Waals surface area contributed by atoms with E-state index in [9.17, 15) is 15.0 Å². The number of ether oxygens (including phenoxy) is 2. The van der Waals surface area contributed by atoms with Gasteiger partial charge in [-0.25, -0.2) is 4.79 Å². The molecule has 1 heterocycles. The number of aliphatic hydroxyl groups is 2. The summed E-state index contributed by atoms with van der Waals surface area (Å²) < 4.78 is 11.0. The smallest absolute Gasteiger partial charge is 0.327 e. The summed E-state index contributed by atoms with van der Waals surface area (Å²) in [5, 5.41) is 27.8. The average Bonchev–Trinajstić information content (AvgIpc) is 2.52. The predicted octanol–water partition coefficient (Wildman–Crippen LogP) is 2.62. The van der Waals surface area contributed by atoms with Crippen LogP contribution in [0.4, 0.5) is 0 Å². The summed E-state index contributed by atoms with van der Waals surface area (Å²) in [4.78, 5) is 10.3. The molecule has 3 N–H and O–H groups in total. The molecular formula is C18H32O6. The molecule has 1 aliphatic rings. The van der Waals surface area contributed by atoms with Crippen LogP contribution in [0.15, 0.2) is 12.2 Å². The fraction of sp³-hybridized carbons (Fsp3) is 0.833. The minimum atomic E-state index is -0.881. The Bertz CT molecular complexity index is 371. The summed E-state index contributed by atoms with van der Waals surface area (Å²) in [6, 6.07) is 0. The normalized spacial score (nSPS) is 27.6. The molecule has 0 amide bonds. The first kappa shape index (κ1) is 21.1. The van der Waals surface area contributed by atoms with Crippen molar-refractivity contribution in [3.8, 4) is 0 Å². The van der Waals surface area contributed by atoms with E-state index in [-0.39, 0.29) is 6.10 Å². The fourth-order valence-electron chi connectivity index (χ4n) is 2.73. The molecule has 0 aromatic heterocycles. The van der Waals surface area contributed by atoms with Crippen LogP contribution in [0.25, 0.3) is 0 Å². The van der Waals surface area contributed by atoms with E-state index in [1.807, 2.05) is 0 Å². The summed E-state index contributed by atoms with van der Waals surface area (Å²) in [5.41, 5.74) is 0. The standard InChI is InChI=1S/C18H32O6/c1-14-15(19)13-16(20)18(24-14)23-12-10-8-6-4-2-3-5-7-9-11-17(21)22/h9,11,14-16,18-20H,2-8,10,12-13H2,1H3,(H,21,22)/b11-9+/t14-,15+,16+,18+/m0/s1. The molecule has 4 atom stereocenters. The van der Waals surface area contributed by atoms with Gasteiger partial charge in [0.2, 0.25) is 0 Å². The molecule has 1 fully saturated rings. The maximum Gasteiger partial charge on any atom is 0.327 e. The van der Waals surface area contributed by atoms with E-state index in [1.54, 1.807) is 13.0 Å². The molecule has 0 radical (unpaired) electrons. The lowest BCUT2D eigenvalue weighted by Gasteiger charge is -2.35. The Morgan fingerprint density at radius 2 is 1.71 bits per heavy atom. The van der Waals surface area contributed by atoms with Crippen LogP contribution in [0.5, 0.6) is 0 Å². The molecule has 1 rings (SSSR count). The van der Waals surface area contributed by atoms with Gasteiger partial charge in [-0.3, -0.25) is 0 Å². The first-order valence-electron chi connectivity index (χ1n) is 9.03. The Morgan fingerprint density at radius 3 is 2.38 bits per heavy atom. The van der Waals surface area contributed by atoms with Gasteiger partial charge in [-0.2, -0.15) is 0 Å². The van der Waals surface area contributed by atoms with Gasteiger partial charge in [-0.15, -0.1) is 0 Å². The topological polar surface area (TPSA) is 96.2 Å². The Hall–Kier alpha value is -0.950. The van der Waals surface area contributed by atoms with Crippen LogP contribution in [0, 0.1) is 0 Å². The SMILES string of the molecule is C[C@@H]1O[C@@H](OCCCCCCCCC/C=C/C(=O)O)[C@H](O)C[C@H]1O. The van der Waals surface area contributed by atoms with E-state index >= 15 is 0 Å². The number of aliphatic hydroxyl groups excluding tert-OH is 2. The summed E-state index contributed by atoms with van der Waals surface area (Å²) in [6.45, 7) is 2.34. The van der Waals surface area contributed by atoms with Crippen molar-refractivity contribution in [1.82, 2.24) is 0 Å². The Morgan fingerprint density at radius 1 is 1.08 bits per heavy atom. The number of aliphatic carboxylic acids is 1. The van der Waals surface area contributed by atoms with Gasteiger partial charge in [0, 0.05) is 19.1 Å². The van der Waals surface area contributed by atoms with Crippen molar-refractivity contribution in [1.29, 1.82) is 0 Å². The molecule has 140 valence electrons. The number of allylic oxidation sites excluding steroid dienone is 1. The number of hydrogen-bond acceptors (Lipinski definition) is 5.